The van der Waals surface area contributed by atoms with Crippen LogP contribution in [0.2, 0.25) is 0 Å². The molecular formula is C9H16N2O2. The first-order chi connectivity index (χ1) is 6.09. The lowest BCUT2D eigenvalue weighted by Gasteiger charge is -2.12. The van der Waals surface area contributed by atoms with Crippen LogP contribution >= 0.6 is 0 Å². The van der Waals surface area contributed by atoms with Crippen molar-refractivity contribution in [3.05, 3.63) is 0 Å². The van der Waals surface area contributed by atoms with Crippen LogP contribution in [-0.2, 0) is 9.59 Å². The Labute approximate surface area is 78.1 Å². The van der Waals surface area contributed by atoms with E-state index in [1.54, 1.807) is 0 Å². The van der Waals surface area contributed by atoms with Crippen molar-refractivity contribution in [3.63, 3.8) is 0 Å². The van der Waals surface area contributed by atoms with Crippen LogP contribution in [-0.4, -0.2) is 24.4 Å². The van der Waals surface area contributed by atoms with Gasteiger partial charge in [-0.05, 0) is 12.3 Å². The first-order valence-corrected chi connectivity index (χ1v) is 4.66. The minimum atomic E-state index is -0.300. The smallest absolute Gasteiger partial charge is 0.242 e. The highest BCUT2D eigenvalue weighted by molar-refractivity contribution is 5.90. The first-order valence-electron chi connectivity index (χ1n) is 4.66. The lowest BCUT2D eigenvalue weighted by atomic mass is 10.2. The van der Waals surface area contributed by atoms with Gasteiger partial charge in [-0.1, -0.05) is 13.8 Å². The third-order valence-electron chi connectivity index (χ3n) is 2.00. The summed E-state index contributed by atoms with van der Waals surface area (Å²) in [5.74, 6) is 0.366. The summed E-state index contributed by atoms with van der Waals surface area (Å²) in [6, 6.07) is -0.300. The quantitative estimate of drug-likeness (QED) is 0.650. The lowest BCUT2D eigenvalue weighted by molar-refractivity contribution is -0.125. The average Bonchev–Trinajstić information content (AvgIpc) is 2.47. The van der Waals surface area contributed by atoms with Crippen molar-refractivity contribution < 1.29 is 9.59 Å². The van der Waals surface area contributed by atoms with Gasteiger partial charge in [-0.3, -0.25) is 9.59 Å². The van der Waals surface area contributed by atoms with Crippen molar-refractivity contribution in [2.45, 2.75) is 32.7 Å². The highest BCUT2D eigenvalue weighted by atomic mass is 16.2. The highest BCUT2D eigenvalue weighted by Gasteiger charge is 2.26. The van der Waals surface area contributed by atoms with Crippen LogP contribution in [0.3, 0.4) is 0 Å². The average molecular weight is 184 g/mol. The molecule has 1 saturated heterocycles. The van der Waals surface area contributed by atoms with Gasteiger partial charge in [0.2, 0.25) is 11.8 Å². The monoisotopic (exact) mass is 184 g/mol. The number of amides is 2. The van der Waals surface area contributed by atoms with Gasteiger partial charge < -0.3 is 10.6 Å². The van der Waals surface area contributed by atoms with E-state index in [0.717, 1.165) is 0 Å². The number of carbonyl (C=O) groups excluding carboxylic acids is 2. The first kappa shape index (κ1) is 10.0. The van der Waals surface area contributed by atoms with Gasteiger partial charge in [-0.25, -0.2) is 0 Å². The van der Waals surface area contributed by atoms with Gasteiger partial charge in [0, 0.05) is 13.0 Å². The van der Waals surface area contributed by atoms with Crippen LogP contribution in [0.25, 0.3) is 0 Å². The Kier molecular flexibility index (Phi) is 3.28. The normalized spacial score (nSPS) is 21.8. The molecule has 1 aliphatic rings. The molecule has 1 heterocycles. The SMILES string of the molecule is CC(C)CNC(=O)[C@H]1CCC(=O)N1. The third-order valence-corrected chi connectivity index (χ3v) is 2.00. The number of carbonyl (C=O) groups is 2. The van der Waals surface area contributed by atoms with Gasteiger partial charge in [0.1, 0.15) is 6.04 Å². The predicted octanol–water partition coefficient (Wildman–Crippen LogP) is 0.0372. The molecule has 1 rings (SSSR count). The fourth-order valence-corrected chi connectivity index (χ4v) is 1.24. The molecule has 0 aromatic heterocycles. The zero-order valence-corrected chi connectivity index (χ0v) is 8.09. The molecule has 4 heteroatoms. The van der Waals surface area contributed by atoms with Crippen LogP contribution in [0.1, 0.15) is 26.7 Å². The van der Waals surface area contributed by atoms with Crippen molar-refractivity contribution in [1.29, 1.82) is 0 Å². The van der Waals surface area contributed by atoms with Crippen molar-refractivity contribution in [1.82, 2.24) is 10.6 Å². The molecule has 74 valence electrons. The minimum absolute atomic E-state index is 0.0234. The molecule has 0 aromatic carbocycles. The Morgan fingerprint density at radius 1 is 1.69 bits per heavy atom. The summed E-state index contributed by atoms with van der Waals surface area (Å²) < 4.78 is 0. The predicted molar refractivity (Wildman–Crippen MR) is 49.0 cm³/mol. The van der Waals surface area contributed by atoms with Gasteiger partial charge in [0.05, 0.1) is 0 Å². The molecule has 0 radical (unpaired) electrons. The van der Waals surface area contributed by atoms with Crippen LogP contribution in [0, 0.1) is 5.92 Å². The molecule has 0 unspecified atom stereocenters. The van der Waals surface area contributed by atoms with E-state index in [9.17, 15) is 9.59 Å². The van der Waals surface area contributed by atoms with E-state index in [0.29, 0.717) is 25.3 Å². The molecule has 0 aromatic rings. The molecule has 2 N–H and O–H groups in total. The topological polar surface area (TPSA) is 58.2 Å². The molecule has 13 heavy (non-hydrogen) atoms. The van der Waals surface area contributed by atoms with E-state index < -0.39 is 0 Å². The van der Waals surface area contributed by atoms with E-state index in [1.165, 1.54) is 0 Å². The Morgan fingerprint density at radius 2 is 2.38 bits per heavy atom. The zero-order valence-electron chi connectivity index (χ0n) is 8.09. The van der Waals surface area contributed by atoms with E-state index >= 15 is 0 Å². The summed E-state index contributed by atoms with van der Waals surface area (Å²) in [6.07, 6.45) is 1.10. The van der Waals surface area contributed by atoms with Gasteiger partial charge in [0.15, 0.2) is 0 Å². The van der Waals surface area contributed by atoms with Gasteiger partial charge >= 0.3 is 0 Å². The number of hydrogen-bond donors (Lipinski definition) is 2. The van der Waals surface area contributed by atoms with Gasteiger partial charge in [0.25, 0.3) is 0 Å². The second kappa shape index (κ2) is 4.25. The van der Waals surface area contributed by atoms with Crippen molar-refractivity contribution >= 4 is 11.8 Å². The van der Waals surface area contributed by atoms with E-state index in [4.69, 9.17) is 0 Å². The molecule has 1 aliphatic heterocycles. The zero-order chi connectivity index (χ0) is 9.84. The van der Waals surface area contributed by atoms with Crippen molar-refractivity contribution in [2.75, 3.05) is 6.54 Å². The summed E-state index contributed by atoms with van der Waals surface area (Å²) in [6.45, 7) is 4.74. The Bertz CT molecular complexity index is 214. The Hall–Kier alpha value is -1.06. The largest absolute Gasteiger partial charge is 0.354 e. The fourth-order valence-electron chi connectivity index (χ4n) is 1.24. The molecule has 1 fully saturated rings. The maximum absolute atomic E-state index is 11.4. The highest BCUT2D eigenvalue weighted by Crippen LogP contribution is 2.06. The maximum atomic E-state index is 11.4. The number of rotatable bonds is 3. The summed E-state index contributed by atoms with van der Waals surface area (Å²) in [5, 5.41) is 5.42. The van der Waals surface area contributed by atoms with E-state index in [-0.39, 0.29) is 17.9 Å². The second-order valence-corrected chi connectivity index (χ2v) is 3.80. The molecule has 0 aliphatic carbocycles. The van der Waals surface area contributed by atoms with Crippen LogP contribution in [0.15, 0.2) is 0 Å². The molecule has 2 amide bonds. The van der Waals surface area contributed by atoms with E-state index in [2.05, 4.69) is 10.6 Å². The standard InChI is InChI=1S/C9H16N2O2/c1-6(2)5-10-9(13)7-3-4-8(12)11-7/h6-7H,3-5H2,1-2H3,(H,10,13)(H,11,12)/t7-/m1/s1. The molecule has 0 saturated carbocycles. The summed E-state index contributed by atoms with van der Waals surface area (Å²) in [4.78, 5) is 22.2. The van der Waals surface area contributed by atoms with Crippen LogP contribution < -0.4 is 10.6 Å². The second-order valence-electron chi connectivity index (χ2n) is 3.80. The molecule has 4 nitrogen and oxygen atoms in total. The molecule has 0 spiro atoms. The van der Waals surface area contributed by atoms with Crippen molar-refractivity contribution in [2.24, 2.45) is 5.92 Å². The summed E-state index contributed by atoms with van der Waals surface area (Å²) >= 11 is 0. The summed E-state index contributed by atoms with van der Waals surface area (Å²) in [5.41, 5.74) is 0. The number of hydrogen-bond acceptors (Lipinski definition) is 2. The van der Waals surface area contributed by atoms with Crippen LogP contribution in [0.5, 0.6) is 0 Å². The minimum Gasteiger partial charge on any atom is -0.354 e. The number of nitrogens with one attached hydrogen (secondary N) is 2. The van der Waals surface area contributed by atoms with Crippen LogP contribution in [0.4, 0.5) is 0 Å². The Morgan fingerprint density at radius 3 is 2.85 bits per heavy atom. The molecule has 0 bridgehead atoms. The molecule has 1 atom stereocenters. The van der Waals surface area contributed by atoms with E-state index in [1.807, 2.05) is 13.8 Å². The third kappa shape index (κ3) is 3.05. The molecular weight excluding hydrogens is 168 g/mol. The fraction of sp³-hybridized carbons (Fsp3) is 0.778. The van der Waals surface area contributed by atoms with Gasteiger partial charge in [-0.2, -0.15) is 0 Å². The van der Waals surface area contributed by atoms with Crippen molar-refractivity contribution in [3.8, 4) is 0 Å². The lowest BCUT2D eigenvalue weighted by Crippen LogP contribution is -2.42. The van der Waals surface area contributed by atoms with Gasteiger partial charge in [-0.15, -0.1) is 0 Å². The Balaban J connectivity index is 2.27. The maximum Gasteiger partial charge on any atom is 0.242 e. The summed E-state index contributed by atoms with van der Waals surface area (Å²) in [7, 11) is 0.